The zero-order valence-electron chi connectivity index (χ0n) is 23.0. The first-order valence-corrected chi connectivity index (χ1v) is 13.6. The van der Waals surface area contributed by atoms with Gasteiger partial charge in [-0.2, -0.15) is 0 Å². The minimum absolute atomic E-state index is 0.169. The number of imide groups is 1. The molecule has 3 amide bonds. The summed E-state index contributed by atoms with van der Waals surface area (Å²) in [6.45, 7) is 12.0. The zero-order valence-corrected chi connectivity index (χ0v) is 23.0. The van der Waals surface area contributed by atoms with Gasteiger partial charge in [-0.15, -0.1) is 0 Å². The number of fused-ring (bicyclic) bond motifs is 3. The summed E-state index contributed by atoms with van der Waals surface area (Å²) in [5.74, 6) is 0.0917. The summed E-state index contributed by atoms with van der Waals surface area (Å²) in [5, 5.41) is 14.3. The molecular formula is C28H43BN2O5. The van der Waals surface area contributed by atoms with Gasteiger partial charge < -0.3 is 19.7 Å². The zero-order chi connectivity index (χ0) is 26.5. The van der Waals surface area contributed by atoms with Gasteiger partial charge in [-0.3, -0.25) is 9.69 Å². The minimum atomic E-state index is -1.14. The number of urea groups is 1. The Morgan fingerprint density at radius 1 is 1.22 bits per heavy atom. The third-order valence-corrected chi connectivity index (χ3v) is 9.26. The van der Waals surface area contributed by atoms with Crippen LogP contribution in [-0.2, 0) is 26.1 Å². The van der Waals surface area contributed by atoms with Crippen LogP contribution in [0.15, 0.2) is 18.2 Å². The SMILES string of the molecule is CCCC(C)C(C)(C)OB(O)c1ccc2c(c1)C1(NC(=O)N(C(C)C)C1=O)C1(CCC(OC)CC1)C2. The minimum Gasteiger partial charge on any atom is -0.423 e. The van der Waals surface area contributed by atoms with Crippen LogP contribution in [-0.4, -0.2) is 53.8 Å². The molecule has 1 saturated heterocycles. The van der Waals surface area contributed by atoms with Gasteiger partial charge in [0.15, 0.2) is 5.54 Å². The maximum atomic E-state index is 14.2. The highest BCUT2D eigenvalue weighted by molar-refractivity contribution is 6.60. The number of benzene rings is 1. The van der Waals surface area contributed by atoms with E-state index in [1.165, 1.54) is 4.90 Å². The van der Waals surface area contributed by atoms with E-state index in [2.05, 4.69) is 19.2 Å². The average Bonchev–Trinajstić information content (AvgIpc) is 3.24. The second-order valence-corrected chi connectivity index (χ2v) is 12.0. The molecule has 198 valence electrons. The lowest BCUT2D eigenvalue weighted by Gasteiger charge is -2.46. The second kappa shape index (κ2) is 9.77. The maximum Gasteiger partial charge on any atom is 0.491 e. The summed E-state index contributed by atoms with van der Waals surface area (Å²) in [4.78, 5) is 28.7. The van der Waals surface area contributed by atoms with E-state index in [0.717, 1.165) is 49.7 Å². The predicted molar refractivity (Wildman–Crippen MR) is 141 cm³/mol. The van der Waals surface area contributed by atoms with Gasteiger partial charge in [0, 0.05) is 18.6 Å². The van der Waals surface area contributed by atoms with E-state index >= 15 is 0 Å². The molecule has 2 unspecified atom stereocenters. The highest BCUT2D eigenvalue weighted by atomic mass is 16.5. The Hall–Kier alpha value is -1.90. The quantitative estimate of drug-likeness (QED) is 0.420. The number of hydrogen-bond acceptors (Lipinski definition) is 5. The van der Waals surface area contributed by atoms with Crippen LogP contribution < -0.4 is 10.8 Å². The molecule has 8 heteroatoms. The van der Waals surface area contributed by atoms with Crippen molar-refractivity contribution in [2.45, 2.75) is 110 Å². The number of hydrogen-bond donors (Lipinski definition) is 2. The number of ether oxygens (including phenoxy) is 1. The average molecular weight is 498 g/mol. The summed E-state index contributed by atoms with van der Waals surface area (Å²) < 4.78 is 11.8. The molecule has 2 aliphatic carbocycles. The fourth-order valence-corrected chi connectivity index (χ4v) is 6.78. The first-order chi connectivity index (χ1) is 16.9. The molecule has 1 aromatic rings. The molecule has 1 heterocycles. The van der Waals surface area contributed by atoms with Crippen molar-refractivity contribution in [2.75, 3.05) is 7.11 Å². The number of amides is 3. The van der Waals surface area contributed by atoms with E-state index in [4.69, 9.17) is 9.39 Å². The third-order valence-electron chi connectivity index (χ3n) is 9.26. The van der Waals surface area contributed by atoms with Crippen molar-refractivity contribution in [3.63, 3.8) is 0 Å². The number of nitrogens with zero attached hydrogens (tertiary/aromatic N) is 1. The van der Waals surface area contributed by atoms with Crippen LogP contribution >= 0.6 is 0 Å². The van der Waals surface area contributed by atoms with Crippen molar-refractivity contribution < 1.29 is 24.0 Å². The number of rotatable bonds is 8. The first-order valence-electron chi connectivity index (χ1n) is 13.6. The predicted octanol–water partition coefficient (Wildman–Crippen LogP) is 3.89. The largest absolute Gasteiger partial charge is 0.491 e. The van der Waals surface area contributed by atoms with Crippen LogP contribution in [0.1, 0.15) is 91.2 Å². The van der Waals surface area contributed by atoms with Gasteiger partial charge in [-0.05, 0) is 88.7 Å². The molecule has 36 heavy (non-hydrogen) atoms. The Morgan fingerprint density at radius 2 is 1.89 bits per heavy atom. The third kappa shape index (κ3) is 4.19. The van der Waals surface area contributed by atoms with Crippen molar-refractivity contribution >= 4 is 24.5 Å². The maximum absolute atomic E-state index is 14.2. The van der Waals surface area contributed by atoms with Crippen LogP contribution in [0.5, 0.6) is 0 Å². The van der Waals surface area contributed by atoms with E-state index < -0.39 is 23.7 Å². The summed E-state index contributed by atoms with van der Waals surface area (Å²) in [5.41, 5.74) is 0.401. The lowest BCUT2D eigenvalue weighted by Crippen LogP contribution is -2.57. The normalized spacial score (nSPS) is 28.8. The molecule has 2 fully saturated rings. The van der Waals surface area contributed by atoms with Crippen molar-refractivity contribution in [1.82, 2.24) is 10.2 Å². The Labute approximate surface area is 216 Å². The Balaban J connectivity index is 1.74. The second-order valence-electron chi connectivity index (χ2n) is 12.0. The number of nitrogens with one attached hydrogen (secondary N) is 1. The molecule has 0 bridgehead atoms. The Bertz CT molecular complexity index is 1000. The fourth-order valence-electron chi connectivity index (χ4n) is 6.78. The molecule has 4 rings (SSSR count). The van der Waals surface area contributed by atoms with Crippen molar-refractivity contribution in [1.29, 1.82) is 0 Å². The van der Waals surface area contributed by atoms with E-state index in [0.29, 0.717) is 11.9 Å². The highest BCUT2D eigenvalue weighted by Crippen LogP contribution is 2.59. The van der Waals surface area contributed by atoms with Gasteiger partial charge in [0.1, 0.15) is 0 Å². The van der Waals surface area contributed by atoms with Crippen LogP contribution in [0.4, 0.5) is 4.79 Å². The van der Waals surface area contributed by atoms with Crippen LogP contribution in [0.2, 0.25) is 0 Å². The van der Waals surface area contributed by atoms with E-state index in [9.17, 15) is 14.6 Å². The lowest BCUT2D eigenvalue weighted by atomic mass is 9.61. The number of carbonyl (C=O) groups excluding carboxylic acids is 2. The number of carbonyl (C=O) groups is 2. The molecule has 2 spiro atoms. The molecule has 1 saturated carbocycles. The van der Waals surface area contributed by atoms with Gasteiger partial charge in [0.25, 0.3) is 5.91 Å². The van der Waals surface area contributed by atoms with Crippen LogP contribution in [0.25, 0.3) is 0 Å². The molecule has 1 aliphatic heterocycles. The van der Waals surface area contributed by atoms with Crippen molar-refractivity contribution in [3.05, 3.63) is 29.3 Å². The Morgan fingerprint density at radius 3 is 2.44 bits per heavy atom. The molecule has 2 N–H and O–H groups in total. The van der Waals surface area contributed by atoms with Crippen molar-refractivity contribution in [3.8, 4) is 0 Å². The Kier molecular flexibility index (Phi) is 7.37. The molecule has 1 aromatic carbocycles. The molecule has 2 atom stereocenters. The van der Waals surface area contributed by atoms with Gasteiger partial charge in [0.2, 0.25) is 0 Å². The summed E-state index contributed by atoms with van der Waals surface area (Å²) in [6.07, 6.45) is 6.20. The molecular weight excluding hydrogens is 455 g/mol. The van der Waals surface area contributed by atoms with Crippen LogP contribution in [0.3, 0.4) is 0 Å². The highest BCUT2D eigenvalue weighted by Gasteiger charge is 2.68. The van der Waals surface area contributed by atoms with Crippen LogP contribution in [0, 0.1) is 11.3 Å². The fraction of sp³-hybridized carbons (Fsp3) is 0.714. The molecule has 3 aliphatic rings. The summed E-state index contributed by atoms with van der Waals surface area (Å²) >= 11 is 0. The van der Waals surface area contributed by atoms with Gasteiger partial charge in [-0.25, -0.2) is 4.79 Å². The standard InChI is InChI=1S/C28H43BN2O5/c1-8-9-19(4)26(5,6)36-29(34)21-11-10-20-17-27(14-12-22(35-7)13-15-27)28(23(20)16-21)24(32)31(18(2)3)25(33)30-28/h10-11,16,18-19,22,34H,8-9,12-15,17H2,1-7H3,(H,30,33). The molecule has 7 nitrogen and oxygen atoms in total. The first kappa shape index (κ1) is 27.1. The lowest BCUT2D eigenvalue weighted by molar-refractivity contribution is -0.139. The van der Waals surface area contributed by atoms with E-state index in [-0.39, 0.29) is 30.0 Å². The van der Waals surface area contributed by atoms with Gasteiger partial charge in [-0.1, -0.05) is 38.5 Å². The number of methoxy groups -OCH3 is 1. The smallest absolute Gasteiger partial charge is 0.423 e. The summed E-state index contributed by atoms with van der Waals surface area (Å²) in [6, 6.07) is 5.23. The van der Waals surface area contributed by atoms with Crippen molar-refractivity contribution in [2.24, 2.45) is 11.3 Å². The molecule has 0 radical (unpaired) electrons. The van der Waals surface area contributed by atoms with E-state index in [1.807, 2.05) is 45.9 Å². The summed E-state index contributed by atoms with van der Waals surface area (Å²) in [7, 11) is 0.609. The monoisotopic (exact) mass is 498 g/mol. The topological polar surface area (TPSA) is 88.1 Å². The van der Waals surface area contributed by atoms with Gasteiger partial charge in [0.05, 0.1) is 11.7 Å². The van der Waals surface area contributed by atoms with Gasteiger partial charge >= 0.3 is 13.1 Å². The molecule has 0 aromatic heterocycles. The van der Waals surface area contributed by atoms with E-state index in [1.54, 1.807) is 7.11 Å².